The van der Waals surface area contributed by atoms with E-state index in [4.69, 9.17) is 0 Å². The van der Waals surface area contributed by atoms with Gasteiger partial charge in [0.2, 0.25) is 5.91 Å². The monoisotopic (exact) mass is 321 g/mol. The third kappa shape index (κ3) is 3.96. The van der Waals surface area contributed by atoms with Gasteiger partial charge in [0.05, 0.1) is 6.42 Å². The highest BCUT2D eigenvalue weighted by molar-refractivity contribution is 5.95. The van der Waals surface area contributed by atoms with Crippen LogP contribution in [0, 0.1) is 0 Å². The van der Waals surface area contributed by atoms with Crippen molar-refractivity contribution >= 4 is 28.2 Å². The minimum atomic E-state index is -0.0173. The fourth-order valence-electron chi connectivity index (χ4n) is 2.73. The van der Waals surface area contributed by atoms with Gasteiger partial charge in [0.1, 0.15) is 0 Å². The molecule has 0 saturated heterocycles. The first-order chi connectivity index (χ1) is 11.4. The highest BCUT2D eigenvalue weighted by atomic mass is 16.1. The number of hydrogen-bond acceptors (Lipinski definition) is 2. The van der Waals surface area contributed by atoms with E-state index in [1.807, 2.05) is 54.7 Å². The Morgan fingerprint density at radius 1 is 1.00 bits per heavy atom. The van der Waals surface area contributed by atoms with Crippen LogP contribution in [-0.2, 0) is 11.2 Å². The lowest BCUT2D eigenvalue weighted by Gasteiger charge is -2.22. The number of aromatic nitrogens is 1. The molecule has 0 bridgehead atoms. The fourth-order valence-corrected chi connectivity index (χ4v) is 2.73. The van der Waals surface area contributed by atoms with Gasteiger partial charge < -0.3 is 15.6 Å². The number of para-hydroxylation sites is 1. The molecule has 0 radical (unpaired) electrons. The van der Waals surface area contributed by atoms with Gasteiger partial charge in [-0.05, 0) is 56.7 Å². The van der Waals surface area contributed by atoms with Crippen molar-refractivity contribution in [3.05, 3.63) is 60.3 Å². The standard InChI is InChI=1S/C20H23N3O/c1-20(2,3)23-16-10-8-15(9-11-16)22-19(24)12-14-13-21-18-7-5-4-6-17(14)18/h4-11,13,21,23H,12H2,1-3H3,(H,22,24). The van der Waals surface area contributed by atoms with Crippen LogP contribution in [0.2, 0.25) is 0 Å². The number of amides is 1. The molecule has 0 spiro atoms. The van der Waals surface area contributed by atoms with Gasteiger partial charge in [0.15, 0.2) is 0 Å². The zero-order chi connectivity index (χ0) is 17.2. The second-order valence-electron chi connectivity index (χ2n) is 7.04. The summed E-state index contributed by atoms with van der Waals surface area (Å²) < 4.78 is 0. The Bertz CT molecular complexity index is 841. The molecule has 0 aliphatic rings. The normalized spacial score (nSPS) is 11.5. The lowest BCUT2D eigenvalue weighted by atomic mass is 10.1. The van der Waals surface area contributed by atoms with Crippen LogP contribution >= 0.6 is 0 Å². The molecule has 3 rings (SSSR count). The smallest absolute Gasteiger partial charge is 0.228 e. The topological polar surface area (TPSA) is 56.9 Å². The van der Waals surface area contributed by atoms with E-state index < -0.39 is 0 Å². The van der Waals surface area contributed by atoms with Crippen molar-refractivity contribution in [1.82, 2.24) is 4.98 Å². The summed E-state index contributed by atoms with van der Waals surface area (Å²) in [7, 11) is 0. The van der Waals surface area contributed by atoms with Crippen LogP contribution < -0.4 is 10.6 Å². The molecule has 3 N–H and O–H groups in total. The van der Waals surface area contributed by atoms with E-state index in [0.29, 0.717) is 6.42 Å². The van der Waals surface area contributed by atoms with Gasteiger partial charge in [-0.2, -0.15) is 0 Å². The summed E-state index contributed by atoms with van der Waals surface area (Å²) in [5.41, 5.74) is 3.92. The molecule has 1 amide bonds. The van der Waals surface area contributed by atoms with Gasteiger partial charge in [0, 0.05) is 34.0 Å². The predicted molar refractivity (Wildman–Crippen MR) is 100 cm³/mol. The van der Waals surface area contributed by atoms with Crippen molar-refractivity contribution in [2.45, 2.75) is 32.7 Å². The van der Waals surface area contributed by atoms with E-state index in [1.165, 1.54) is 0 Å². The van der Waals surface area contributed by atoms with Gasteiger partial charge in [-0.25, -0.2) is 0 Å². The number of H-pyrrole nitrogens is 1. The molecule has 1 heterocycles. The minimum absolute atomic E-state index is 0.0140. The second kappa shape index (κ2) is 6.40. The summed E-state index contributed by atoms with van der Waals surface area (Å²) in [5, 5.41) is 7.45. The Hall–Kier alpha value is -2.75. The molecular formula is C20H23N3O. The quantitative estimate of drug-likeness (QED) is 0.660. The molecule has 4 nitrogen and oxygen atoms in total. The van der Waals surface area contributed by atoms with Crippen molar-refractivity contribution in [2.75, 3.05) is 10.6 Å². The fraction of sp³-hybridized carbons (Fsp3) is 0.250. The molecule has 3 aromatic rings. The number of carbonyl (C=O) groups is 1. The van der Waals surface area contributed by atoms with Crippen LogP contribution in [0.25, 0.3) is 10.9 Å². The number of aromatic amines is 1. The summed E-state index contributed by atoms with van der Waals surface area (Å²) in [6, 6.07) is 15.8. The highest BCUT2D eigenvalue weighted by Crippen LogP contribution is 2.20. The summed E-state index contributed by atoms with van der Waals surface area (Å²) in [6.45, 7) is 6.34. The SMILES string of the molecule is CC(C)(C)Nc1ccc(NC(=O)Cc2c[nH]c3ccccc23)cc1. The van der Waals surface area contributed by atoms with Gasteiger partial charge in [-0.15, -0.1) is 0 Å². The number of fused-ring (bicyclic) bond motifs is 1. The number of rotatable bonds is 4. The molecule has 1 aromatic heterocycles. The van der Waals surface area contributed by atoms with Gasteiger partial charge in [-0.1, -0.05) is 18.2 Å². The van der Waals surface area contributed by atoms with Crippen molar-refractivity contribution < 1.29 is 4.79 Å². The Morgan fingerprint density at radius 3 is 2.38 bits per heavy atom. The predicted octanol–water partition coefficient (Wildman–Crippen LogP) is 4.56. The Kier molecular flexibility index (Phi) is 4.30. The average Bonchev–Trinajstić information content (AvgIpc) is 2.91. The molecule has 0 aliphatic carbocycles. The molecule has 24 heavy (non-hydrogen) atoms. The Morgan fingerprint density at radius 2 is 1.67 bits per heavy atom. The van der Waals surface area contributed by atoms with Crippen LogP contribution in [0.1, 0.15) is 26.3 Å². The number of nitrogens with one attached hydrogen (secondary N) is 3. The average molecular weight is 321 g/mol. The molecule has 2 aromatic carbocycles. The van der Waals surface area contributed by atoms with Crippen molar-refractivity contribution in [1.29, 1.82) is 0 Å². The number of hydrogen-bond donors (Lipinski definition) is 3. The zero-order valence-electron chi connectivity index (χ0n) is 14.3. The van der Waals surface area contributed by atoms with Gasteiger partial charge >= 0.3 is 0 Å². The molecule has 0 aliphatic heterocycles. The van der Waals surface area contributed by atoms with E-state index in [2.05, 4.69) is 36.4 Å². The van der Waals surface area contributed by atoms with E-state index in [0.717, 1.165) is 27.8 Å². The lowest BCUT2D eigenvalue weighted by Crippen LogP contribution is -2.25. The molecule has 0 unspecified atom stereocenters. The highest BCUT2D eigenvalue weighted by Gasteiger charge is 2.10. The van der Waals surface area contributed by atoms with Crippen LogP contribution in [0.5, 0.6) is 0 Å². The largest absolute Gasteiger partial charge is 0.380 e. The zero-order valence-corrected chi connectivity index (χ0v) is 14.3. The summed E-state index contributed by atoms with van der Waals surface area (Å²) >= 11 is 0. The third-order valence-electron chi connectivity index (χ3n) is 3.71. The minimum Gasteiger partial charge on any atom is -0.380 e. The lowest BCUT2D eigenvalue weighted by molar-refractivity contribution is -0.115. The van der Waals surface area contributed by atoms with Crippen molar-refractivity contribution in [3.63, 3.8) is 0 Å². The van der Waals surface area contributed by atoms with Crippen LogP contribution in [0.3, 0.4) is 0 Å². The van der Waals surface area contributed by atoms with E-state index in [-0.39, 0.29) is 11.4 Å². The van der Waals surface area contributed by atoms with Crippen LogP contribution in [-0.4, -0.2) is 16.4 Å². The van der Waals surface area contributed by atoms with Crippen LogP contribution in [0.4, 0.5) is 11.4 Å². The Balaban J connectivity index is 1.64. The molecule has 4 heteroatoms. The van der Waals surface area contributed by atoms with E-state index >= 15 is 0 Å². The first-order valence-corrected chi connectivity index (χ1v) is 8.14. The number of carbonyl (C=O) groups excluding carboxylic acids is 1. The van der Waals surface area contributed by atoms with Crippen molar-refractivity contribution in [2.24, 2.45) is 0 Å². The Labute approximate surface area is 142 Å². The van der Waals surface area contributed by atoms with Crippen molar-refractivity contribution in [3.8, 4) is 0 Å². The third-order valence-corrected chi connectivity index (χ3v) is 3.71. The van der Waals surface area contributed by atoms with E-state index in [1.54, 1.807) is 0 Å². The first kappa shape index (κ1) is 16.1. The van der Waals surface area contributed by atoms with Gasteiger partial charge in [-0.3, -0.25) is 4.79 Å². The molecule has 0 fully saturated rings. The van der Waals surface area contributed by atoms with E-state index in [9.17, 15) is 4.79 Å². The summed E-state index contributed by atoms with van der Waals surface area (Å²) in [4.78, 5) is 15.5. The maximum atomic E-state index is 12.3. The van der Waals surface area contributed by atoms with Crippen LogP contribution in [0.15, 0.2) is 54.7 Å². The number of benzene rings is 2. The second-order valence-corrected chi connectivity index (χ2v) is 7.04. The maximum absolute atomic E-state index is 12.3. The summed E-state index contributed by atoms with van der Waals surface area (Å²) in [5.74, 6) is -0.0173. The molecule has 0 saturated carbocycles. The maximum Gasteiger partial charge on any atom is 0.228 e. The number of anilines is 2. The summed E-state index contributed by atoms with van der Waals surface area (Å²) in [6.07, 6.45) is 2.26. The molecular weight excluding hydrogens is 298 g/mol. The first-order valence-electron chi connectivity index (χ1n) is 8.14. The molecule has 0 atom stereocenters. The van der Waals surface area contributed by atoms with Gasteiger partial charge in [0.25, 0.3) is 0 Å². The molecule has 124 valence electrons.